The van der Waals surface area contributed by atoms with Crippen LogP contribution in [0.15, 0.2) is 6.20 Å². The number of amides is 1. The fraction of sp³-hybridized carbons (Fsp3) is 0.143. The first-order chi connectivity index (χ1) is 7.36. The normalized spacial score (nSPS) is 10.5. The summed E-state index contributed by atoms with van der Waals surface area (Å²) in [6.45, 7) is 0. The lowest BCUT2D eigenvalue weighted by molar-refractivity contribution is -0.390. The van der Waals surface area contributed by atoms with E-state index < -0.39 is 34.2 Å². The van der Waals surface area contributed by atoms with Crippen LogP contribution < -0.4 is 5.73 Å². The molecule has 0 saturated carbocycles. The number of carbonyl (C=O) groups excluding carboxylic acids is 1. The van der Waals surface area contributed by atoms with Gasteiger partial charge in [-0.2, -0.15) is 0 Å². The number of hydrogen-bond donors (Lipinski definition) is 1. The zero-order valence-electron chi connectivity index (χ0n) is 7.49. The van der Waals surface area contributed by atoms with Gasteiger partial charge in [0.1, 0.15) is 3.57 Å². The van der Waals surface area contributed by atoms with Crippen LogP contribution in [0.5, 0.6) is 0 Å². The van der Waals surface area contributed by atoms with E-state index in [0.29, 0.717) is 6.20 Å². The average molecular weight is 343 g/mol. The molecule has 1 heterocycles. The zero-order valence-corrected chi connectivity index (χ0v) is 9.64. The molecule has 1 aromatic heterocycles. The van der Waals surface area contributed by atoms with Crippen molar-refractivity contribution in [3.63, 3.8) is 0 Å². The molecule has 0 atom stereocenters. The van der Waals surface area contributed by atoms with Crippen molar-refractivity contribution >= 4 is 34.3 Å². The Morgan fingerprint density at radius 1 is 1.62 bits per heavy atom. The van der Waals surface area contributed by atoms with Crippen LogP contribution in [-0.2, 0) is 0 Å². The van der Waals surface area contributed by atoms with Crippen molar-refractivity contribution in [1.29, 1.82) is 0 Å². The van der Waals surface area contributed by atoms with Gasteiger partial charge in [-0.15, -0.1) is 0 Å². The van der Waals surface area contributed by atoms with Gasteiger partial charge in [0.25, 0.3) is 12.3 Å². The fourth-order valence-corrected chi connectivity index (χ4v) is 1.89. The van der Waals surface area contributed by atoms with Crippen molar-refractivity contribution in [1.82, 2.24) is 4.98 Å². The minimum Gasteiger partial charge on any atom is -0.365 e. The molecule has 1 aromatic rings. The predicted octanol–water partition coefficient (Wildman–Crippen LogP) is 1.63. The molecule has 9 heteroatoms. The molecule has 0 aliphatic carbocycles. The Bertz CT molecular complexity index is 466. The van der Waals surface area contributed by atoms with Gasteiger partial charge in [0.05, 0.1) is 11.1 Å². The standard InChI is InChI=1S/C7H4F2IN3O3/c8-5(9)3-2(6(11)14)1-12-7(4(3)10)13(15)16/h1,5H,(H2,11,14). The molecule has 0 saturated heterocycles. The van der Waals surface area contributed by atoms with E-state index in [4.69, 9.17) is 5.73 Å². The minimum absolute atomic E-state index is 0.381. The third kappa shape index (κ3) is 2.23. The van der Waals surface area contributed by atoms with E-state index >= 15 is 0 Å². The molecule has 0 aromatic carbocycles. The number of halogens is 3. The van der Waals surface area contributed by atoms with Crippen LogP contribution in [-0.4, -0.2) is 15.8 Å². The zero-order chi connectivity index (χ0) is 12.5. The lowest BCUT2D eigenvalue weighted by Crippen LogP contribution is -2.16. The molecule has 0 aliphatic heterocycles. The maximum atomic E-state index is 12.6. The Morgan fingerprint density at radius 2 is 2.19 bits per heavy atom. The van der Waals surface area contributed by atoms with Gasteiger partial charge < -0.3 is 15.8 Å². The van der Waals surface area contributed by atoms with Gasteiger partial charge in [-0.1, -0.05) is 0 Å². The number of nitrogens with zero attached hydrogens (tertiary/aromatic N) is 2. The number of hydrogen-bond acceptors (Lipinski definition) is 4. The Labute approximate surface area is 101 Å². The van der Waals surface area contributed by atoms with Crippen LogP contribution in [0.4, 0.5) is 14.6 Å². The second kappa shape index (κ2) is 4.63. The summed E-state index contributed by atoms with van der Waals surface area (Å²) in [6.07, 6.45) is -2.35. The highest BCUT2D eigenvalue weighted by Crippen LogP contribution is 2.32. The maximum Gasteiger partial charge on any atom is 0.377 e. The molecule has 0 unspecified atom stereocenters. The molecule has 0 fully saturated rings. The number of pyridine rings is 1. The summed E-state index contributed by atoms with van der Waals surface area (Å²) in [4.78, 5) is 23.7. The highest BCUT2D eigenvalue weighted by atomic mass is 127. The van der Waals surface area contributed by atoms with Gasteiger partial charge in [-0.25, -0.2) is 8.78 Å². The summed E-state index contributed by atoms with van der Waals surface area (Å²) in [5, 5.41) is 10.5. The summed E-state index contributed by atoms with van der Waals surface area (Å²) < 4.78 is 24.9. The number of aromatic nitrogens is 1. The van der Waals surface area contributed by atoms with Crippen molar-refractivity contribution in [2.24, 2.45) is 5.73 Å². The lowest BCUT2D eigenvalue weighted by atomic mass is 10.1. The SMILES string of the molecule is NC(=O)c1cnc([N+](=O)[O-])c(I)c1C(F)F. The Kier molecular flexibility index (Phi) is 3.67. The van der Waals surface area contributed by atoms with E-state index in [1.165, 1.54) is 22.6 Å². The van der Waals surface area contributed by atoms with Crippen LogP contribution >= 0.6 is 22.6 Å². The van der Waals surface area contributed by atoms with E-state index in [2.05, 4.69) is 4.98 Å². The van der Waals surface area contributed by atoms with Gasteiger partial charge >= 0.3 is 5.82 Å². The summed E-state index contributed by atoms with van der Waals surface area (Å²) in [7, 11) is 0. The van der Waals surface area contributed by atoms with E-state index in [-0.39, 0.29) is 3.57 Å². The smallest absolute Gasteiger partial charge is 0.365 e. The number of rotatable bonds is 3. The molecule has 1 amide bonds. The van der Waals surface area contributed by atoms with Gasteiger partial charge in [0.15, 0.2) is 6.20 Å². The summed E-state index contributed by atoms with van der Waals surface area (Å²) in [5.74, 6) is -1.82. The van der Waals surface area contributed by atoms with Crippen molar-refractivity contribution in [3.8, 4) is 0 Å². The third-order valence-electron chi connectivity index (χ3n) is 1.70. The fourth-order valence-electron chi connectivity index (χ4n) is 1.03. The second-order valence-electron chi connectivity index (χ2n) is 2.65. The quantitative estimate of drug-likeness (QED) is 0.512. The largest absolute Gasteiger partial charge is 0.377 e. The third-order valence-corrected chi connectivity index (χ3v) is 2.76. The average Bonchev–Trinajstić information content (AvgIpc) is 2.15. The predicted molar refractivity (Wildman–Crippen MR) is 57.1 cm³/mol. The van der Waals surface area contributed by atoms with Crippen molar-refractivity contribution in [2.75, 3.05) is 0 Å². The molecule has 0 spiro atoms. The Balaban J connectivity index is 3.54. The topological polar surface area (TPSA) is 99.1 Å². The van der Waals surface area contributed by atoms with Crippen molar-refractivity contribution in [3.05, 3.63) is 31.0 Å². The molecule has 2 N–H and O–H groups in total. The molecule has 1 rings (SSSR count). The molecule has 0 bridgehead atoms. The second-order valence-corrected chi connectivity index (χ2v) is 3.72. The Morgan fingerprint density at radius 3 is 2.56 bits per heavy atom. The molecule has 6 nitrogen and oxygen atoms in total. The van der Waals surface area contributed by atoms with Crippen molar-refractivity contribution in [2.45, 2.75) is 6.43 Å². The first kappa shape index (κ1) is 12.7. The Hall–Kier alpha value is -1.39. The first-order valence-electron chi connectivity index (χ1n) is 3.77. The van der Waals surface area contributed by atoms with Gasteiger partial charge in [0, 0.05) is 0 Å². The van der Waals surface area contributed by atoms with E-state index in [9.17, 15) is 23.7 Å². The molecule has 0 radical (unpaired) electrons. The lowest BCUT2D eigenvalue weighted by Gasteiger charge is -2.06. The van der Waals surface area contributed by atoms with E-state index in [1.807, 2.05) is 0 Å². The highest BCUT2D eigenvalue weighted by Gasteiger charge is 2.28. The molecular formula is C7H4F2IN3O3. The van der Waals surface area contributed by atoms with Crippen LogP contribution in [0.1, 0.15) is 22.3 Å². The first-order valence-corrected chi connectivity index (χ1v) is 4.84. The van der Waals surface area contributed by atoms with Crippen LogP contribution in [0.25, 0.3) is 0 Å². The molecular weight excluding hydrogens is 339 g/mol. The van der Waals surface area contributed by atoms with Crippen LogP contribution in [0.2, 0.25) is 0 Å². The number of alkyl halides is 2. The maximum absolute atomic E-state index is 12.6. The van der Waals surface area contributed by atoms with Gasteiger partial charge in [-0.3, -0.25) is 4.79 Å². The van der Waals surface area contributed by atoms with E-state index in [1.54, 1.807) is 0 Å². The minimum atomic E-state index is -3.03. The summed E-state index contributed by atoms with van der Waals surface area (Å²) in [6, 6.07) is 0. The van der Waals surface area contributed by atoms with Gasteiger partial charge in [0.2, 0.25) is 0 Å². The molecule has 86 valence electrons. The number of nitro groups is 1. The monoisotopic (exact) mass is 343 g/mol. The molecule has 0 aliphatic rings. The van der Waals surface area contributed by atoms with E-state index in [0.717, 1.165) is 0 Å². The van der Waals surface area contributed by atoms with Gasteiger partial charge in [-0.05, 0) is 32.5 Å². The van der Waals surface area contributed by atoms with Crippen molar-refractivity contribution < 1.29 is 18.5 Å². The van der Waals surface area contributed by atoms with Crippen LogP contribution in [0.3, 0.4) is 0 Å². The van der Waals surface area contributed by atoms with Crippen LogP contribution in [0, 0.1) is 13.7 Å². The number of nitrogens with two attached hydrogens (primary N) is 1. The summed E-state index contributed by atoms with van der Waals surface area (Å²) >= 11 is 1.34. The molecule has 16 heavy (non-hydrogen) atoms. The number of carbonyl (C=O) groups is 1. The summed E-state index contributed by atoms with van der Waals surface area (Å²) in [5.41, 5.74) is 3.60. The number of primary amides is 1. The highest BCUT2D eigenvalue weighted by molar-refractivity contribution is 14.1.